The maximum atomic E-state index is 12.6. The molecule has 1 aromatic carbocycles. The van der Waals surface area contributed by atoms with Crippen molar-refractivity contribution >= 4 is 50.0 Å². The van der Waals surface area contributed by atoms with E-state index >= 15 is 0 Å². The van der Waals surface area contributed by atoms with Crippen LogP contribution in [0.3, 0.4) is 0 Å². The Morgan fingerprint density at radius 3 is 3.04 bits per heavy atom. The average Bonchev–Trinajstić information content (AvgIpc) is 3.14. The van der Waals surface area contributed by atoms with Gasteiger partial charge in [0.25, 0.3) is 11.5 Å². The summed E-state index contributed by atoms with van der Waals surface area (Å²) < 4.78 is 2.20. The van der Waals surface area contributed by atoms with Crippen molar-refractivity contribution in [2.24, 2.45) is 0 Å². The summed E-state index contributed by atoms with van der Waals surface area (Å²) >= 11 is 7.32. The van der Waals surface area contributed by atoms with E-state index in [-0.39, 0.29) is 11.5 Å². The second-order valence-corrected chi connectivity index (χ2v) is 5.96. The van der Waals surface area contributed by atoms with Crippen LogP contribution in [0.2, 0.25) is 5.02 Å². The van der Waals surface area contributed by atoms with Crippen molar-refractivity contribution in [3.05, 3.63) is 45.3 Å². The van der Waals surface area contributed by atoms with Crippen LogP contribution in [0.5, 0.6) is 0 Å². The largest absolute Gasteiger partial charge is 0.289 e. The van der Waals surface area contributed by atoms with Crippen LogP contribution in [0.25, 0.3) is 15.2 Å². The number of halogens is 1. The second-order valence-electron chi connectivity index (χ2n) is 4.51. The highest BCUT2D eigenvalue weighted by molar-refractivity contribution is 7.23. The highest BCUT2D eigenvalue weighted by Crippen LogP contribution is 2.26. The number of thiazole rings is 1. The quantitative estimate of drug-likeness (QED) is 0.564. The van der Waals surface area contributed by atoms with Gasteiger partial charge in [0.05, 0.1) is 10.2 Å². The van der Waals surface area contributed by atoms with Crippen molar-refractivity contribution in [2.75, 3.05) is 5.32 Å². The lowest BCUT2D eigenvalue weighted by molar-refractivity contribution is 0.102. The summed E-state index contributed by atoms with van der Waals surface area (Å²) in [6.07, 6.45) is 1.23. The van der Waals surface area contributed by atoms with Gasteiger partial charge >= 0.3 is 0 Å². The topological polar surface area (TPSA) is 118 Å². The number of amides is 1. The minimum atomic E-state index is -0.656. The highest BCUT2D eigenvalue weighted by atomic mass is 35.5. The number of hydrogen-bond acceptors (Lipinski definition) is 7. The lowest BCUT2D eigenvalue weighted by Crippen LogP contribution is -2.26. The zero-order valence-corrected chi connectivity index (χ0v) is 12.7. The normalized spacial score (nSPS) is 11.2. The second kappa shape index (κ2) is 5.11. The molecular formula is C12H6ClN7O2S. The van der Waals surface area contributed by atoms with E-state index in [4.69, 9.17) is 11.6 Å². The zero-order chi connectivity index (χ0) is 16.0. The van der Waals surface area contributed by atoms with Crippen molar-refractivity contribution in [2.45, 2.75) is 0 Å². The van der Waals surface area contributed by atoms with Crippen LogP contribution in [0.4, 0.5) is 5.95 Å². The van der Waals surface area contributed by atoms with Crippen LogP contribution in [0.1, 0.15) is 10.4 Å². The Labute approximate surface area is 135 Å². The van der Waals surface area contributed by atoms with Crippen LogP contribution in [-0.4, -0.2) is 35.9 Å². The molecule has 9 nitrogen and oxygen atoms in total. The zero-order valence-electron chi connectivity index (χ0n) is 11.1. The fourth-order valence-electron chi connectivity index (χ4n) is 2.12. The van der Waals surface area contributed by atoms with Crippen molar-refractivity contribution < 1.29 is 4.79 Å². The molecule has 0 atom stereocenters. The molecule has 3 heterocycles. The minimum Gasteiger partial charge on any atom is -0.289 e. The van der Waals surface area contributed by atoms with Crippen molar-refractivity contribution in [1.82, 2.24) is 30.0 Å². The first-order chi connectivity index (χ1) is 11.1. The Kier molecular flexibility index (Phi) is 3.06. The van der Waals surface area contributed by atoms with E-state index in [1.807, 2.05) is 0 Å². The van der Waals surface area contributed by atoms with Gasteiger partial charge in [0.1, 0.15) is 5.56 Å². The van der Waals surface area contributed by atoms with Gasteiger partial charge in [-0.05, 0) is 28.6 Å². The monoisotopic (exact) mass is 347 g/mol. The third kappa shape index (κ3) is 2.24. The Bertz CT molecular complexity index is 1100. The number of benzene rings is 1. The molecule has 0 fully saturated rings. The molecule has 0 saturated heterocycles. The van der Waals surface area contributed by atoms with E-state index < -0.39 is 11.5 Å². The van der Waals surface area contributed by atoms with E-state index in [1.54, 1.807) is 18.2 Å². The first-order valence-corrected chi connectivity index (χ1v) is 7.48. The molecule has 2 N–H and O–H groups in total. The molecule has 1 amide bonds. The predicted molar refractivity (Wildman–Crippen MR) is 84.0 cm³/mol. The Morgan fingerprint density at radius 2 is 2.26 bits per heavy atom. The van der Waals surface area contributed by atoms with E-state index in [0.717, 1.165) is 4.70 Å². The van der Waals surface area contributed by atoms with Gasteiger partial charge in [-0.2, -0.15) is 0 Å². The number of nitrogens with zero attached hydrogens (tertiary/aromatic N) is 5. The molecule has 0 radical (unpaired) electrons. The molecule has 11 heteroatoms. The molecule has 4 rings (SSSR count). The van der Waals surface area contributed by atoms with Gasteiger partial charge in [0, 0.05) is 11.2 Å². The van der Waals surface area contributed by atoms with E-state index in [0.29, 0.717) is 15.5 Å². The fourth-order valence-corrected chi connectivity index (χ4v) is 3.25. The minimum absolute atomic E-state index is 0.0396. The molecule has 0 aliphatic heterocycles. The molecule has 114 valence electrons. The van der Waals surface area contributed by atoms with Crippen LogP contribution < -0.4 is 10.9 Å². The number of anilines is 1. The lowest BCUT2D eigenvalue weighted by atomic mass is 10.3. The van der Waals surface area contributed by atoms with E-state index in [9.17, 15) is 9.59 Å². The summed E-state index contributed by atoms with van der Waals surface area (Å²) in [4.78, 5) is 29.5. The first-order valence-electron chi connectivity index (χ1n) is 6.28. The van der Waals surface area contributed by atoms with Gasteiger partial charge in [-0.3, -0.25) is 19.3 Å². The number of fused-ring (bicyclic) bond motifs is 3. The smallest absolute Gasteiger partial charge is 0.271 e. The molecule has 3 aromatic heterocycles. The predicted octanol–water partition coefficient (Wildman–Crippen LogP) is 1.33. The van der Waals surface area contributed by atoms with Crippen molar-refractivity contribution in [3.63, 3.8) is 0 Å². The van der Waals surface area contributed by atoms with Crippen LogP contribution in [0, 0.1) is 0 Å². The fraction of sp³-hybridized carbons (Fsp3) is 0. The maximum Gasteiger partial charge on any atom is 0.271 e. The van der Waals surface area contributed by atoms with Crippen LogP contribution >= 0.6 is 22.9 Å². The third-order valence-electron chi connectivity index (χ3n) is 3.11. The van der Waals surface area contributed by atoms with Crippen LogP contribution in [-0.2, 0) is 0 Å². The summed E-state index contributed by atoms with van der Waals surface area (Å²) in [6.45, 7) is 0. The summed E-state index contributed by atoms with van der Waals surface area (Å²) in [5.74, 6) is -0.616. The Hall–Kier alpha value is -2.85. The Balaban J connectivity index is 1.90. The molecule has 23 heavy (non-hydrogen) atoms. The molecular weight excluding hydrogens is 342 g/mol. The molecule has 0 aliphatic rings. The summed E-state index contributed by atoms with van der Waals surface area (Å²) in [5.41, 5.74) is -0.0157. The van der Waals surface area contributed by atoms with Crippen molar-refractivity contribution in [3.8, 4) is 0 Å². The SMILES string of the molecule is O=C(Nc1nnn[nH]1)c1cnc2sc3ccc(Cl)cc3n2c1=O. The summed E-state index contributed by atoms with van der Waals surface area (Å²) in [6, 6.07) is 5.19. The summed E-state index contributed by atoms with van der Waals surface area (Å²) in [7, 11) is 0. The molecule has 0 aliphatic carbocycles. The number of hydrogen-bond donors (Lipinski definition) is 2. The molecule has 0 bridgehead atoms. The number of aromatic amines is 1. The van der Waals surface area contributed by atoms with Gasteiger partial charge in [0.15, 0.2) is 4.96 Å². The van der Waals surface area contributed by atoms with Crippen LogP contribution in [0.15, 0.2) is 29.2 Å². The van der Waals surface area contributed by atoms with E-state index in [2.05, 4.69) is 30.9 Å². The van der Waals surface area contributed by atoms with Gasteiger partial charge < -0.3 is 0 Å². The number of H-pyrrole nitrogens is 1. The standard InChI is InChI=1S/C12H6ClN7O2S/c13-5-1-2-8-7(3-5)20-10(22)6(4-14-12(20)23-8)9(21)15-11-16-18-19-17-11/h1-4H,(H2,15,16,17,18,19,21). The third-order valence-corrected chi connectivity index (χ3v) is 4.38. The molecule has 0 saturated carbocycles. The molecule has 0 unspecified atom stereocenters. The van der Waals surface area contributed by atoms with Crippen molar-refractivity contribution in [1.29, 1.82) is 0 Å². The number of nitrogens with one attached hydrogen (secondary N) is 2. The molecule has 4 aromatic rings. The number of rotatable bonds is 2. The number of aromatic nitrogens is 6. The van der Waals surface area contributed by atoms with Gasteiger partial charge in [-0.15, -0.1) is 0 Å². The maximum absolute atomic E-state index is 12.6. The number of tetrazole rings is 1. The van der Waals surface area contributed by atoms with Gasteiger partial charge in [0.2, 0.25) is 5.95 Å². The lowest BCUT2D eigenvalue weighted by Gasteiger charge is -2.01. The summed E-state index contributed by atoms with van der Waals surface area (Å²) in [5, 5.41) is 15.5. The Morgan fingerprint density at radius 1 is 1.39 bits per heavy atom. The van der Waals surface area contributed by atoms with E-state index in [1.165, 1.54) is 21.9 Å². The van der Waals surface area contributed by atoms with Gasteiger partial charge in [-0.25, -0.2) is 10.1 Å². The number of carbonyl (C=O) groups excluding carboxylic acids is 1. The highest BCUT2D eigenvalue weighted by Gasteiger charge is 2.17. The number of carbonyl (C=O) groups is 1. The first kappa shape index (κ1) is 13.8. The van der Waals surface area contributed by atoms with Gasteiger partial charge in [-0.1, -0.05) is 28.0 Å². The molecule has 0 spiro atoms. The average molecular weight is 348 g/mol.